The number of hydrogen-bond acceptors (Lipinski definition) is 2. The molecule has 0 saturated heterocycles. The average Bonchev–Trinajstić information content (AvgIpc) is 2.60. The van der Waals surface area contributed by atoms with E-state index in [4.69, 9.17) is 0 Å². The second kappa shape index (κ2) is 5.79. The van der Waals surface area contributed by atoms with Gasteiger partial charge in [0.1, 0.15) is 0 Å². The Kier molecular flexibility index (Phi) is 4.66. The monoisotopic (exact) mass is 209 g/mol. The number of imidazole rings is 1. The van der Waals surface area contributed by atoms with Gasteiger partial charge in [0.05, 0.1) is 6.20 Å². The Balaban J connectivity index is 2.26. The topological polar surface area (TPSA) is 40.7 Å². The quantitative estimate of drug-likeness (QED) is 0.705. The van der Waals surface area contributed by atoms with Crippen LogP contribution in [0.1, 0.15) is 52.1 Å². The molecule has 0 bridgehead atoms. The van der Waals surface area contributed by atoms with Crippen molar-refractivity contribution in [2.24, 2.45) is 5.92 Å². The Hall–Kier alpha value is -0.990. The first-order valence-corrected chi connectivity index (χ1v) is 5.88. The van der Waals surface area contributed by atoms with Crippen LogP contribution in [0.15, 0.2) is 6.20 Å². The molecule has 15 heavy (non-hydrogen) atoms. The van der Waals surface area contributed by atoms with Gasteiger partial charge in [-0.3, -0.25) is 0 Å². The van der Waals surface area contributed by atoms with Gasteiger partial charge < -0.3 is 10.3 Å². The largest absolute Gasteiger partial charge is 0.356 e. The van der Waals surface area contributed by atoms with Crippen LogP contribution in [-0.4, -0.2) is 16.5 Å². The van der Waals surface area contributed by atoms with Crippen molar-refractivity contribution in [1.82, 2.24) is 9.97 Å². The van der Waals surface area contributed by atoms with Gasteiger partial charge in [-0.2, -0.15) is 0 Å². The van der Waals surface area contributed by atoms with Crippen LogP contribution in [0.5, 0.6) is 0 Å². The van der Waals surface area contributed by atoms with Crippen molar-refractivity contribution in [3.8, 4) is 0 Å². The second-order valence-corrected chi connectivity index (χ2v) is 4.80. The van der Waals surface area contributed by atoms with E-state index in [1.54, 1.807) is 0 Å². The van der Waals surface area contributed by atoms with E-state index in [1.807, 2.05) is 6.20 Å². The number of aromatic nitrogens is 2. The van der Waals surface area contributed by atoms with Crippen LogP contribution in [0.4, 0.5) is 5.95 Å². The first-order chi connectivity index (χ1) is 7.09. The number of H-pyrrole nitrogens is 1. The average molecular weight is 209 g/mol. The van der Waals surface area contributed by atoms with Crippen LogP contribution in [0.3, 0.4) is 0 Å². The van der Waals surface area contributed by atoms with Gasteiger partial charge in [-0.15, -0.1) is 0 Å². The summed E-state index contributed by atoms with van der Waals surface area (Å²) >= 11 is 0. The van der Waals surface area contributed by atoms with Crippen LogP contribution in [-0.2, 0) is 0 Å². The molecule has 2 N–H and O–H groups in total. The maximum atomic E-state index is 4.29. The Labute approximate surface area is 92.7 Å². The number of aromatic amines is 1. The molecule has 0 aliphatic carbocycles. The Morgan fingerprint density at radius 3 is 2.60 bits per heavy atom. The Morgan fingerprint density at radius 2 is 2.07 bits per heavy atom. The lowest BCUT2D eigenvalue weighted by molar-refractivity contribution is 0.566. The lowest BCUT2D eigenvalue weighted by Crippen LogP contribution is -2.04. The van der Waals surface area contributed by atoms with E-state index in [2.05, 4.69) is 43.0 Å². The minimum Gasteiger partial charge on any atom is -0.356 e. The van der Waals surface area contributed by atoms with Gasteiger partial charge in [-0.1, -0.05) is 27.7 Å². The molecule has 0 atom stereocenters. The number of nitrogens with zero attached hydrogens (tertiary/aromatic N) is 1. The van der Waals surface area contributed by atoms with E-state index in [9.17, 15) is 0 Å². The van der Waals surface area contributed by atoms with E-state index in [0.29, 0.717) is 5.92 Å². The SMILES string of the molecule is CC(C)CCCNc1ncc(C(C)C)[nH]1. The highest BCUT2D eigenvalue weighted by molar-refractivity contribution is 5.26. The summed E-state index contributed by atoms with van der Waals surface area (Å²) in [5, 5.41) is 3.31. The highest BCUT2D eigenvalue weighted by Crippen LogP contribution is 2.13. The van der Waals surface area contributed by atoms with Crippen LogP contribution < -0.4 is 5.32 Å². The molecule has 0 aliphatic rings. The lowest BCUT2D eigenvalue weighted by atomic mass is 10.1. The molecule has 3 nitrogen and oxygen atoms in total. The van der Waals surface area contributed by atoms with Gasteiger partial charge in [-0.05, 0) is 24.7 Å². The fraction of sp³-hybridized carbons (Fsp3) is 0.750. The molecule has 0 spiro atoms. The zero-order valence-electron chi connectivity index (χ0n) is 10.3. The minimum atomic E-state index is 0.517. The maximum Gasteiger partial charge on any atom is 0.200 e. The predicted molar refractivity (Wildman–Crippen MR) is 65.2 cm³/mol. The molecule has 1 rings (SSSR count). The van der Waals surface area contributed by atoms with E-state index in [1.165, 1.54) is 18.5 Å². The summed E-state index contributed by atoms with van der Waals surface area (Å²) in [5.41, 5.74) is 1.20. The highest BCUT2D eigenvalue weighted by Gasteiger charge is 2.03. The van der Waals surface area contributed by atoms with Gasteiger partial charge in [0.2, 0.25) is 0 Å². The fourth-order valence-corrected chi connectivity index (χ4v) is 1.44. The van der Waals surface area contributed by atoms with Crippen molar-refractivity contribution in [1.29, 1.82) is 0 Å². The molecule has 1 aromatic heterocycles. The summed E-state index contributed by atoms with van der Waals surface area (Å²) in [6, 6.07) is 0. The van der Waals surface area contributed by atoms with Crippen molar-refractivity contribution in [3.05, 3.63) is 11.9 Å². The molecule has 0 aliphatic heterocycles. The summed E-state index contributed by atoms with van der Waals surface area (Å²) in [6.07, 6.45) is 4.38. The highest BCUT2D eigenvalue weighted by atomic mass is 15.1. The molecular weight excluding hydrogens is 186 g/mol. The van der Waals surface area contributed by atoms with E-state index in [-0.39, 0.29) is 0 Å². The minimum absolute atomic E-state index is 0.517. The van der Waals surface area contributed by atoms with E-state index >= 15 is 0 Å². The number of anilines is 1. The van der Waals surface area contributed by atoms with Crippen molar-refractivity contribution in [3.63, 3.8) is 0 Å². The maximum absolute atomic E-state index is 4.29. The molecule has 1 aromatic rings. The van der Waals surface area contributed by atoms with Crippen LogP contribution in [0.25, 0.3) is 0 Å². The van der Waals surface area contributed by atoms with Gasteiger partial charge >= 0.3 is 0 Å². The molecule has 0 radical (unpaired) electrons. The van der Waals surface area contributed by atoms with E-state index < -0.39 is 0 Å². The van der Waals surface area contributed by atoms with Crippen LogP contribution >= 0.6 is 0 Å². The summed E-state index contributed by atoms with van der Waals surface area (Å²) in [5.74, 6) is 2.21. The third kappa shape index (κ3) is 4.36. The van der Waals surface area contributed by atoms with Crippen molar-refractivity contribution < 1.29 is 0 Å². The van der Waals surface area contributed by atoms with Gasteiger partial charge in [-0.25, -0.2) is 4.98 Å². The molecule has 3 heteroatoms. The van der Waals surface area contributed by atoms with Crippen molar-refractivity contribution in [2.45, 2.75) is 46.5 Å². The zero-order chi connectivity index (χ0) is 11.3. The summed E-state index contributed by atoms with van der Waals surface area (Å²) in [6.45, 7) is 9.84. The second-order valence-electron chi connectivity index (χ2n) is 4.80. The number of rotatable bonds is 6. The van der Waals surface area contributed by atoms with Gasteiger partial charge in [0.15, 0.2) is 5.95 Å². The van der Waals surface area contributed by atoms with Crippen LogP contribution in [0, 0.1) is 5.92 Å². The molecular formula is C12H23N3. The molecule has 86 valence electrons. The molecule has 0 amide bonds. The van der Waals surface area contributed by atoms with Crippen molar-refractivity contribution >= 4 is 5.95 Å². The smallest absolute Gasteiger partial charge is 0.200 e. The Morgan fingerprint density at radius 1 is 1.33 bits per heavy atom. The zero-order valence-corrected chi connectivity index (χ0v) is 10.3. The normalized spacial score (nSPS) is 11.3. The standard InChI is InChI=1S/C12H23N3/c1-9(2)6-5-7-13-12-14-8-11(15-12)10(3)4/h8-10H,5-7H2,1-4H3,(H2,13,14,15). The molecule has 1 heterocycles. The predicted octanol–water partition coefficient (Wildman–Crippen LogP) is 3.38. The summed E-state index contributed by atoms with van der Waals surface area (Å²) in [7, 11) is 0. The number of nitrogens with one attached hydrogen (secondary N) is 2. The summed E-state index contributed by atoms with van der Waals surface area (Å²) in [4.78, 5) is 7.57. The third-order valence-corrected chi connectivity index (χ3v) is 2.47. The molecule has 0 saturated carbocycles. The van der Waals surface area contributed by atoms with E-state index in [0.717, 1.165) is 18.4 Å². The fourth-order valence-electron chi connectivity index (χ4n) is 1.44. The number of hydrogen-bond donors (Lipinski definition) is 2. The Bertz CT molecular complexity index is 276. The van der Waals surface area contributed by atoms with Crippen molar-refractivity contribution in [2.75, 3.05) is 11.9 Å². The van der Waals surface area contributed by atoms with Gasteiger partial charge in [0.25, 0.3) is 0 Å². The lowest BCUT2D eigenvalue weighted by Gasteiger charge is -2.05. The van der Waals surface area contributed by atoms with Crippen LogP contribution in [0.2, 0.25) is 0 Å². The third-order valence-electron chi connectivity index (χ3n) is 2.47. The first kappa shape index (κ1) is 12.1. The summed E-state index contributed by atoms with van der Waals surface area (Å²) < 4.78 is 0. The molecule has 0 aromatic carbocycles. The first-order valence-electron chi connectivity index (χ1n) is 5.88. The molecule has 0 unspecified atom stereocenters. The molecule has 0 fully saturated rings. The van der Waals surface area contributed by atoms with Gasteiger partial charge in [0, 0.05) is 12.2 Å².